The molecule has 190 valence electrons. The fourth-order valence-corrected chi connectivity index (χ4v) is 3.84. The number of carbonyl (C=O) groups is 5. The fraction of sp³-hybridized carbons (Fsp3) is 0.320. The first-order chi connectivity index (χ1) is 17.2. The summed E-state index contributed by atoms with van der Waals surface area (Å²) in [6.07, 6.45) is -0.772. The van der Waals surface area contributed by atoms with E-state index < -0.39 is 55.0 Å². The van der Waals surface area contributed by atoms with Crippen LogP contribution in [0.5, 0.6) is 0 Å². The Morgan fingerprint density at radius 2 is 1.36 bits per heavy atom. The van der Waals surface area contributed by atoms with Gasteiger partial charge in [0.25, 0.3) is 0 Å². The highest BCUT2D eigenvalue weighted by atomic mass is 16.5. The van der Waals surface area contributed by atoms with Crippen LogP contribution >= 0.6 is 0 Å². The maximum absolute atomic E-state index is 12.4. The van der Waals surface area contributed by atoms with E-state index in [0.29, 0.717) is 0 Å². The predicted molar refractivity (Wildman–Crippen MR) is 129 cm³/mol. The van der Waals surface area contributed by atoms with Crippen molar-refractivity contribution in [2.24, 2.45) is 0 Å². The summed E-state index contributed by atoms with van der Waals surface area (Å²) in [5, 5.41) is 17.8. The van der Waals surface area contributed by atoms with Gasteiger partial charge in [-0.15, -0.1) is 0 Å². The van der Waals surface area contributed by atoms with E-state index in [9.17, 15) is 24.0 Å². The van der Waals surface area contributed by atoms with Crippen LogP contribution in [-0.4, -0.2) is 66.7 Å². The molecule has 36 heavy (non-hydrogen) atoms. The van der Waals surface area contributed by atoms with Crippen LogP contribution in [-0.2, 0) is 23.9 Å². The number of benzene rings is 2. The molecule has 0 bridgehead atoms. The van der Waals surface area contributed by atoms with Gasteiger partial charge in [0.15, 0.2) is 0 Å². The van der Waals surface area contributed by atoms with Crippen molar-refractivity contribution >= 4 is 29.8 Å². The molecule has 0 saturated carbocycles. The van der Waals surface area contributed by atoms with E-state index in [0.717, 1.165) is 22.3 Å². The molecule has 0 saturated heterocycles. The Balaban J connectivity index is 1.45. The van der Waals surface area contributed by atoms with Crippen molar-refractivity contribution in [2.45, 2.75) is 31.8 Å². The van der Waals surface area contributed by atoms with Crippen LogP contribution in [0.2, 0.25) is 0 Å². The molecule has 0 unspecified atom stereocenters. The van der Waals surface area contributed by atoms with E-state index in [1.165, 1.54) is 13.8 Å². The molecule has 2 aromatic carbocycles. The molecule has 1 aliphatic rings. The summed E-state index contributed by atoms with van der Waals surface area (Å²) in [7, 11) is 0. The van der Waals surface area contributed by atoms with Gasteiger partial charge in [0.2, 0.25) is 17.7 Å². The van der Waals surface area contributed by atoms with Gasteiger partial charge in [-0.3, -0.25) is 19.2 Å². The monoisotopic (exact) mass is 496 g/mol. The minimum Gasteiger partial charge on any atom is -0.480 e. The smallest absolute Gasteiger partial charge is 0.407 e. The zero-order valence-corrected chi connectivity index (χ0v) is 19.9. The molecule has 5 N–H and O–H groups in total. The number of fused-ring (bicyclic) bond motifs is 3. The van der Waals surface area contributed by atoms with E-state index in [1.54, 1.807) is 0 Å². The number of carboxylic acids is 1. The predicted octanol–water partition coefficient (Wildman–Crippen LogP) is 0.735. The summed E-state index contributed by atoms with van der Waals surface area (Å²) in [5.41, 5.74) is 4.32. The number of carboxylic acid groups (broad SMARTS) is 1. The Bertz CT molecular complexity index is 1120. The number of rotatable bonds is 10. The first kappa shape index (κ1) is 26.2. The maximum atomic E-state index is 12.4. The average molecular weight is 497 g/mol. The second-order valence-corrected chi connectivity index (χ2v) is 8.31. The zero-order chi connectivity index (χ0) is 26.2. The lowest BCUT2D eigenvalue weighted by atomic mass is 9.98. The van der Waals surface area contributed by atoms with E-state index >= 15 is 0 Å². The highest BCUT2D eigenvalue weighted by Crippen LogP contribution is 2.44. The molecular weight excluding hydrogens is 468 g/mol. The standard InChI is InChI=1S/C25H28N4O7/c1-14(23(33)27-11-21(30)26-12-22(31)32)28-24(34)15(2)29-25(35)36-13-20-18-9-5-3-7-16(18)17-8-4-6-10-19(17)20/h3-10,14-15,20H,11-13H2,1-2H3,(H,26,30)(H,27,33)(H,28,34)(H,29,35)(H,31,32)/t14-,15+/m1/s1. The number of carbonyl (C=O) groups excluding carboxylic acids is 4. The van der Waals surface area contributed by atoms with Crippen molar-refractivity contribution in [3.8, 4) is 11.1 Å². The van der Waals surface area contributed by atoms with Crippen molar-refractivity contribution < 1.29 is 33.8 Å². The summed E-state index contributed by atoms with van der Waals surface area (Å²) < 4.78 is 5.42. The zero-order valence-electron chi connectivity index (χ0n) is 19.9. The summed E-state index contributed by atoms with van der Waals surface area (Å²) in [6.45, 7) is 1.93. The number of ether oxygens (including phenoxy) is 1. The third-order valence-corrected chi connectivity index (χ3v) is 5.68. The van der Waals surface area contributed by atoms with Gasteiger partial charge in [0.1, 0.15) is 25.2 Å². The topological polar surface area (TPSA) is 163 Å². The third kappa shape index (κ3) is 6.59. The molecule has 1 aliphatic carbocycles. The summed E-state index contributed by atoms with van der Waals surface area (Å²) in [4.78, 5) is 58.8. The van der Waals surface area contributed by atoms with Gasteiger partial charge in [-0.2, -0.15) is 0 Å². The van der Waals surface area contributed by atoms with Gasteiger partial charge < -0.3 is 31.1 Å². The number of alkyl carbamates (subject to hydrolysis) is 1. The van der Waals surface area contributed by atoms with Gasteiger partial charge in [-0.25, -0.2) is 4.79 Å². The molecule has 0 aliphatic heterocycles. The minimum atomic E-state index is -1.21. The molecule has 0 radical (unpaired) electrons. The van der Waals surface area contributed by atoms with Gasteiger partial charge in [0.05, 0.1) is 6.54 Å². The van der Waals surface area contributed by atoms with Crippen molar-refractivity contribution in [3.05, 3.63) is 59.7 Å². The van der Waals surface area contributed by atoms with Gasteiger partial charge in [0, 0.05) is 5.92 Å². The van der Waals surface area contributed by atoms with Crippen LogP contribution in [0, 0.1) is 0 Å². The van der Waals surface area contributed by atoms with Crippen molar-refractivity contribution in [1.82, 2.24) is 21.3 Å². The van der Waals surface area contributed by atoms with E-state index in [1.807, 2.05) is 48.5 Å². The number of nitrogens with one attached hydrogen (secondary N) is 4. The first-order valence-electron chi connectivity index (χ1n) is 11.4. The molecule has 0 fully saturated rings. The normalized spacial score (nSPS) is 13.4. The van der Waals surface area contributed by atoms with Gasteiger partial charge >= 0.3 is 12.1 Å². The van der Waals surface area contributed by atoms with E-state index in [4.69, 9.17) is 9.84 Å². The van der Waals surface area contributed by atoms with E-state index in [-0.39, 0.29) is 12.5 Å². The van der Waals surface area contributed by atoms with Crippen molar-refractivity contribution in [2.75, 3.05) is 19.7 Å². The Kier molecular flexibility index (Phi) is 8.61. The molecule has 11 nitrogen and oxygen atoms in total. The molecule has 0 spiro atoms. The highest BCUT2D eigenvalue weighted by molar-refractivity contribution is 5.92. The lowest BCUT2D eigenvalue weighted by Crippen LogP contribution is -2.52. The molecule has 0 heterocycles. The van der Waals surface area contributed by atoms with Gasteiger partial charge in [-0.05, 0) is 36.1 Å². The number of amides is 4. The average Bonchev–Trinajstić information content (AvgIpc) is 3.18. The van der Waals surface area contributed by atoms with Crippen LogP contribution in [0.15, 0.2) is 48.5 Å². The lowest BCUT2D eigenvalue weighted by Gasteiger charge is -2.19. The summed E-state index contributed by atoms with van der Waals surface area (Å²) in [6, 6.07) is 13.8. The van der Waals surface area contributed by atoms with E-state index in [2.05, 4.69) is 21.3 Å². The van der Waals surface area contributed by atoms with Crippen LogP contribution in [0.4, 0.5) is 4.79 Å². The second-order valence-electron chi connectivity index (χ2n) is 8.31. The lowest BCUT2D eigenvalue weighted by molar-refractivity contribution is -0.138. The van der Waals surface area contributed by atoms with Gasteiger partial charge in [-0.1, -0.05) is 48.5 Å². The minimum absolute atomic E-state index is 0.0942. The van der Waals surface area contributed by atoms with Crippen LogP contribution in [0.25, 0.3) is 11.1 Å². The largest absolute Gasteiger partial charge is 0.480 e. The highest BCUT2D eigenvalue weighted by Gasteiger charge is 2.29. The quantitative estimate of drug-likeness (QED) is 0.324. The molecule has 0 aromatic heterocycles. The maximum Gasteiger partial charge on any atom is 0.407 e. The fourth-order valence-electron chi connectivity index (χ4n) is 3.84. The van der Waals surface area contributed by atoms with Crippen LogP contribution in [0.1, 0.15) is 30.9 Å². The second kappa shape index (κ2) is 11.8. The number of hydrogen-bond donors (Lipinski definition) is 5. The molecule has 3 rings (SSSR count). The molecule has 4 amide bonds. The van der Waals surface area contributed by atoms with Crippen molar-refractivity contribution in [1.29, 1.82) is 0 Å². The molecule has 2 atom stereocenters. The Hall–Kier alpha value is -4.41. The Labute approximate surface area is 207 Å². The van der Waals surface area contributed by atoms with Crippen LogP contribution < -0.4 is 21.3 Å². The summed E-state index contributed by atoms with van der Waals surface area (Å²) in [5.74, 6) is -3.30. The Morgan fingerprint density at radius 1 is 0.806 bits per heavy atom. The molecule has 11 heteroatoms. The third-order valence-electron chi connectivity index (χ3n) is 5.68. The molecular formula is C25H28N4O7. The van der Waals surface area contributed by atoms with Crippen molar-refractivity contribution in [3.63, 3.8) is 0 Å². The summed E-state index contributed by atoms with van der Waals surface area (Å²) >= 11 is 0. The molecule has 2 aromatic rings. The number of aliphatic carboxylic acids is 1. The SMILES string of the molecule is C[C@H](NC(=O)OCC1c2ccccc2-c2ccccc21)C(=O)N[C@H](C)C(=O)NCC(=O)NCC(=O)O. The first-order valence-corrected chi connectivity index (χ1v) is 11.4. The van der Waals surface area contributed by atoms with Crippen LogP contribution in [0.3, 0.4) is 0 Å². The number of hydrogen-bond acceptors (Lipinski definition) is 6. The Morgan fingerprint density at radius 3 is 1.94 bits per heavy atom.